The normalized spacial score (nSPS) is 13.6. The minimum Gasteiger partial charge on any atom is -0.507 e. The van der Waals surface area contributed by atoms with Crippen LogP contribution in [0.2, 0.25) is 0 Å². The Balaban J connectivity index is 1.65. The van der Waals surface area contributed by atoms with E-state index in [0.717, 1.165) is 5.69 Å². The first-order chi connectivity index (χ1) is 15.4. The van der Waals surface area contributed by atoms with Gasteiger partial charge in [0.1, 0.15) is 11.6 Å². The third kappa shape index (κ3) is 4.55. The number of nitrogens with one attached hydrogen (secondary N) is 1. The maximum absolute atomic E-state index is 13.2. The monoisotopic (exact) mass is 436 g/mol. The molecule has 1 heterocycles. The number of aromatic hydroxyl groups is 1. The van der Waals surface area contributed by atoms with Crippen LogP contribution >= 0.6 is 0 Å². The third-order valence-electron chi connectivity index (χ3n) is 5.28. The summed E-state index contributed by atoms with van der Waals surface area (Å²) in [6.45, 7) is 2.46. The Labute approximate surface area is 183 Å². The number of hydrogen-bond donors (Lipinski definition) is 3. The minimum atomic E-state index is -1.21. The zero-order chi connectivity index (χ0) is 22.7. The number of nitrogens with zero attached hydrogens (tertiary/aromatic N) is 1. The number of halogens is 1. The van der Waals surface area contributed by atoms with E-state index in [2.05, 4.69) is 5.32 Å². The Morgan fingerprint density at radius 1 is 0.906 bits per heavy atom. The number of phenols is 1. The molecule has 0 aliphatic carbocycles. The largest absolute Gasteiger partial charge is 0.507 e. The number of phenolic OH excluding ortho intramolecular Hbond substituents is 1. The van der Waals surface area contributed by atoms with Crippen LogP contribution in [-0.2, 0) is 4.74 Å². The van der Waals surface area contributed by atoms with Crippen molar-refractivity contribution in [1.82, 2.24) is 0 Å². The van der Waals surface area contributed by atoms with Crippen LogP contribution in [-0.4, -0.2) is 48.4 Å². The summed E-state index contributed by atoms with van der Waals surface area (Å²) in [5.41, 5.74) is 2.02. The van der Waals surface area contributed by atoms with Crippen LogP contribution in [0, 0.1) is 5.82 Å². The Bertz CT molecular complexity index is 1160. The summed E-state index contributed by atoms with van der Waals surface area (Å²) in [6.07, 6.45) is 0. The fraction of sp³-hybridized carbons (Fsp3) is 0.167. The van der Waals surface area contributed by atoms with E-state index in [9.17, 15) is 24.2 Å². The van der Waals surface area contributed by atoms with E-state index in [4.69, 9.17) is 4.74 Å². The van der Waals surface area contributed by atoms with Crippen LogP contribution in [0.3, 0.4) is 0 Å². The second-order valence-electron chi connectivity index (χ2n) is 7.33. The highest BCUT2D eigenvalue weighted by Crippen LogP contribution is 2.29. The number of aromatic carboxylic acids is 1. The number of carbonyl (C=O) groups excluding carboxylic acids is 1. The van der Waals surface area contributed by atoms with Gasteiger partial charge in [0.05, 0.1) is 30.0 Å². The van der Waals surface area contributed by atoms with Gasteiger partial charge in [0.2, 0.25) is 0 Å². The van der Waals surface area contributed by atoms with E-state index in [-0.39, 0.29) is 28.4 Å². The molecule has 1 aliphatic rings. The highest BCUT2D eigenvalue weighted by Gasteiger charge is 2.19. The maximum Gasteiger partial charge on any atom is 0.337 e. The predicted octanol–water partition coefficient (Wildman–Crippen LogP) is 3.99. The highest BCUT2D eigenvalue weighted by molar-refractivity contribution is 6.10. The van der Waals surface area contributed by atoms with Gasteiger partial charge >= 0.3 is 5.97 Å². The lowest BCUT2D eigenvalue weighted by atomic mass is 10.0. The number of amides is 1. The van der Waals surface area contributed by atoms with Gasteiger partial charge in [0.25, 0.3) is 5.91 Å². The van der Waals surface area contributed by atoms with Crippen molar-refractivity contribution in [2.24, 2.45) is 0 Å². The van der Waals surface area contributed by atoms with Gasteiger partial charge in [0.15, 0.2) is 0 Å². The highest BCUT2D eigenvalue weighted by atomic mass is 19.1. The van der Waals surface area contributed by atoms with Gasteiger partial charge in [-0.3, -0.25) is 4.79 Å². The van der Waals surface area contributed by atoms with Crippen molar-refractivity contribution in [2.75, 3.05) is 36.5 Å². The van der Waals surface area contributed by atoms with Crippen molar-refractivity contribution in [3.05, 3.63) is 77.6 Å². The first-order valence-electron chi connectivity index (χ1n) is 10.0. The molecule has 0 atom stereocenters. The molecule has 0 spiro atoms. The third-order valence-corrected chi connectivity index (χ3v) is 5.28. The molecule has 4 rings (SSSR count). The average molecular weight is 436 g/mol. The Morgan fingerprint density at radius 2 is 1.59 bits per heavy atom. The van der Waals surface area contributed by atoms with Gasteiger partial charge in [-0.2, -0.15) is 0 Å². The lowest BCUT2D eigenvalue weighted by Crippen LogP contribution is -2.36. The molecule has 164 valence electrons. The molecule has 0 unspecified atom stereocenters. The molecular formula is C24H21FN2O5. The van der Waals surface area contributed by atoms with Crippen LogP contribution < -0.4 is 10.2 Å². The second-order valence-corrected chi connectivity index (χ2v) is 7.33. The van der Waals surface area contributed by atoms with Crippen molar-refractivity contribution in [2.45, 2.75) is 0 Å². The average Bonchev–Trinajstić information content (AvgIpc) is 2.80. The lowest BCUT2D eigenvalue weighted by Gasteiger charge is -2.29. The van der Waals surface area contributed by atoms with Gasteiger partial charge < -0.3 is 25.2 Å². The number of carbonyl (C=O) groups is 2. The molecule has 3 aromatic carbocycles. The van der Waals surface area contributed by atoms with E-state index >= 15 is 0 Å². The Kier molecular flexibility index (Phi) is 6.04. The summed E-state index contributed by atoms with van der Waals surface area (Å²) in [5, 5.41) is 22.4. The number of anilines is 2. The number of ether oxygens (including phenoxy) is 1. The summed E-state index contributed by atoms with van der Waals surface area (Å²) in [7, 11) is 0. The summed E-state index contributed by atoms with van der Waals surface area (Å²) in [4.78, 5) is 26.7. The molecule has 1 fully saturated rings. The van der Waals surface area contributed by atoms with Crippen molar-refractivity contribution < 1.29 is 28.9 Å². The fourth-order valence-electron chi connectivity index (χ4n) is 3.57. The van der Waals surface area contributed by atoms with E-state index in [1.54, 1.807) is 30.3 Å². The van der Waals surface area contributed by atoms with Gasteiger partial charge in [-0.05, 0) is 53.6 Å². The molecule has 0 bridgehead atoms. The van der Waals surface area contributed by atoms with E-state index in [0.29, 0.717) is 37.4 Å². The van der Waals surface area contributed by atoms with Crippen molar-refractivity contribution in [3.8, 4) is 16.9 Å². The van der Waals surface area contributed by atoms with Crippen LogP contribution in [0.1, 0.15) is 20.7 Å². The molecule has 1 aliphatic heterocycles. The first-order valence-corrected chi connectivity index (χ1v) is 10.0. The molecule has 7 nitrogen and oxygen atoms in total. The SMILES string of the molecule is O=C(Nc1cc(-c2ccc(F)cc2)ccc1C(=O)O)c1cc(N2CCOCC2)ccc1O. The molecule has 8 heteroatoms. The molecule has 0 aromatic heterocycles. The maximum atomic E-state index is 13.2. The minimum absolute atomic E-state index is 0.0255. The topological polar surface area (TPSA) is 99.1 Å². The van der Waals surface area contributed by atoms with Gasteiger partial charge in [-0.1, -0.05) is 18.2 Å². The molecule has 0 radical (unpaired) electrons. The fourth-order valence-corrected chi connectivity index (χ4v) is 3.57. The van der Waals surface area contributed by atoms with Gasteiger partial charge in [-0.15, -0.1) is 0 Å². The van der Waals surface area contributed by atoms with Crippen LogP contribution in [0.4, 0.5) is 15.8 Å². The summed E-state index contributed by atoms with van der Waals surface area (Å²) < 4.78 is 18.6. The molecule has 1 amide bonds. The summed E-state index contributed by atoms with van der Waals surface area (Å²) in [6, 6.07) is 14.9. The lowest BCUT2D eigenvalue weighted by molar-refractivity contribution is 0.0698. The molecule has 1 saturated heterocycles. The molecular weight excluding hydrogens is 415 g/mol. The number of morpholine rings is 1. The molecule has 32 heavy (non-hydrogen) atoms. The number of hydrogen-bond acceptors (Lipinski definition) is 5. The van der Waals surface area contributed by atoms with E-state index < -0.39 is 11.9 Å². The number of benzene rings is 3. The number of carboxylic acids is 1. The zero-order valence-electron chi connectivity index (χ0n) is 17.0. The van der Waals surface area contributed by atoms with Crippen LogP contribution in [0.25, 0.3) is 11.1 Å². The van der Waals surface area contributed by atoms with Crippen molar-refractivity contribution >= 4 is 23.3 Å². The predicted molar refractivity (Wildman–Crippen MR) is 118 cm³/mol. The quantitative estimate of drug-likeness (QED) is 0.560. The first kappa shape index (κ1) is 21.3. The van der Waals surface area contributed by atoms with E-state index in [1.807, 2.05) is 4.90 Å². The summed E-state index contributed by atoms with van der Waals surface area (Å²) >= 11 is 0. The van der Waals surface area contributed by atoms with Gasteiger partial charge in [-0.25, -0.2) is 9.18 Å². The van der Waals surface area contributed by atoms with Crippen LogP contribution in [0.5, 0.6) is 5.75 Å². The smallest absolute Gasteiger partial charge is 0.337 e. The van der Waals surface area contributed by atoms with Crippen molar-refractivity contribution in [1.29, 1.82) is 0 Å². The zero-order valence-corrected chi connectivity index (χ0v) is 17.0. The number of rotatable bonds is 5. The van der Waals surface area contributed by atoms with Gasteiger partial charge in [0, 0.05) is 18.8 Å². The molecule has 3 N–H and O–H groups in total. The standard InChI is InChI=1S/C24H21FN2O5/c25-17-4-1-15(2-5-17)16-3-7-19(24(30)31)21(13-16)26-23(29)20-14-18(6-8-22(20)28)27-9-11-32-12-10-27/h1-8,13-14,28H,9-12H2,(H,26,29)(H,30,31). The molecule has 3 aromatic rings. The number of carboxylic acid groups (broad SMARTS) is 1. The Morgan fingerprint density at radius 3 is 2.28 bits per heavy atom. The van der Waals surface area contributed by atoms with Crippen LogP contribution in [0.15, 0.2) is 60.7 Å². The molecule has 0 saturated carbocycles. The van der Waals surface area contributed by atoms with Crippen molar-refractivity contribution in [3.63, 3.8) is 0 Å². The van der Waals surface area contributed by atoms with E-state index in [1.165, 1.54) is 30.3 Å². The second kappa shape index (κ2) is 9.07. The summed E-state index contributed by atoms with van der Waals surface area (Å²) in [5.74, 6) is -2.46. The Hall–Kier alpha value is -3.91.